The maximum Gasteiger partial charge on any atom is 0.264 e. The van der Waals surface area contributed by atoms with Crippen molar-refractivity contribution in [2.45, 2.75) is 44.3 Å². The van der Waals surface area contributed by atoms with Crippen molar-refractivity contribution in [2.75, 3.05) is 10.8 Å². The summed E-state index contributed by atoms with van der Waals surface area (Å²) in [5, 5.41) is 3.03. The molecule has 0 spiro atoms. The van der Waals surface area contributed by atoms with Gasteiger partial charge in [-0.1, -0.05) is 59.6 Å². The van der Waals surface area contributed by atoms with Gasteiger partial charge in [0.15, 0.2) is 0 Å². The summed E-state index contributed by atoms with van der Waals surface area (Å²) in [6, 6.07) is 16.4. The molecule has 0 aliphatic rings. The van der Waals surface area contributed by atoms with Gasteiger partial charge < -0.3 is 10.2 Å². The van der Waals surface area contributed by atoms with Crippen LogP contribution in [0.3, 0.4) is 0 Å². The first kappa shape index (κ1) is 29.4. The first-order valence-electron chi connectivity index (χ1n) is 11.8. The fraction of sp³-hybridized carbons (Fsp3) is 0.259. The molecule has 0 heterocycles. The number of carbonyl (C=O) groups is 2. The van der Waals surface area contributed by atoms with Crippen LogP contribution in [0, 0.1) is 5.82 Å². The Bertz CT molecular complexity index is 1400. The lowest BCUT2D eigenvalue weighted by Crippen LogP contribution is -2.52. The molecule has 2 amide bonds. The average Bonchev–Trinajstić information content (AvgIpc) is 2.86. The maximum absolute atomic E-state index is 14.5. The molecule has 3 aromatic rings. The predicted molar refractivity (Wildman–Crippen MR) is 147 cm³/mol. The van der Waals surface area contributed by atoms with E-state index >= 15 is 0 Å². The summed E-state index contributed by atoms with van der Waals surface area (Å²) in [6.45, 7) is 4.08. The quantitative estimate of drug-likeness (QED) is 0.354. The van der Waals surface area contributed by atoms with Gasteiger partial charge in [0.2, 0.25) is 11.8 Å². The number of anilines is 1. The minimum atomic E-state index is -4.28. The predicted octanol–water partition coefficient (Wildman–Crippen LogP) is 5.27. The van der Waals surface area contributed by atoms with Crippen molar-refractivity contribution in [3.8, 4) is 0 Å². The van der Waals surface area contributed by atoms with E-state index < -0.39 is 40.2 Å². The molecule has 0 aliphatic carbocycles. The summed E-state index contributed by atoms with van der Waals surface area (Å²) in [6.07, 6.45) is 0. The Hall–Kier alpha value is -3.14. The minimum Gasteiger partial charge on any atom is -0.352 e. The van der Waals surface area contributed by atoms with Crippen LogP contribution in [0.25, 0.3) is 0 Å². The summed E-state index contributed by atoms with van der Waals surface area (Å²) in [5.74, 6) is -1.76. The Morgan fingerprint density at radius 3 is 2.18 bits per heavy atom. The maximum atomic E-state index is 14.5. The number of amides is 2. The summed E-state index contributed by atoms with van der Waals surface area (Å²) in [5.41, 5.74) is 0.199. The average molecular weight is 581 g/mol. The topological polar surface area (TPSA) is 86.8 Å². The van der Waals surface area contributed by atoms with E-state index in [-0.39, 0.29) is 38.8 Å². The molecule has 202 valence electrons. The number of hydrogen-bond acceptors (Lipinski definition) is 4. The summed E-state index contributed by atoms with van der Waals surface area (Å²) in [7, 11) is -4.28. The number of sulfonamides is 1. The number of hydrogen-bond donors (Lipinski definition) is 1. The van der Waals surface area contributed by atoms with Crippen molar-refractivity contribution in [3.05, 3.63) is 94.2 Å². The van der Waals surface area contributed by atoms with Crippen LogP contribution in [-0.2, 0) is 26.2 Å². The van der Waals surface area contributed by atoms with Gasteiger partial charge in [-0.25, -0.2) is 12.8 Å². The molecule has 0 fully saturated rings. The van der Waals surface area contributed by atoms with Crippen LogP contribution in [0.15, 0.2) is 77.7 Å². The van der Waals surface area contributed by atoms with E-state index in [1.807, 2.05) is 0 Å². The third-order valence-electron chi connectivity index (χ3n) is 5.69. The Morgan fingerprint density at radius 2 is 1.58 bits per heavy atom. The van der Waals surface area contributed by atoms with Gasteiger partial charge in [0.1, 0.15) is 18.4 Å². The number of halogens is 3. The van der Waals surface area contributed by atoms with E-state index in [0.29, 0.717) is 0 Å². The van der Waals surface area contributed by atoms with Crippen LogP contribution in [0.5, 0.6) is 0 Å². The van der Waals surface area contributed by atoms with Crippen molar-refractivity contribution < 1.29 is 22.4 Å². The van der Waals surface area contributed by atoms with Crippen LogP contribution >= 0.6 is 23.2 Å². The van der Waals surface area contributed by atoms with Gasteiger partial charge in [-0.3, -0.25) is 13.9 Å². The van der Waals surface area contributed by atoms with Gasteiger partial charge in [-0.2, -0.15) is 0 Å². The van der Waals surface area contributed by atoms with Gasteiger partial charge in [0.25, 0.3) is 10.0 Å². The third kappa shape index (κ3) is 7.03. The highest BCUT2D eigenvalue weighted by Gasteiger charge is 2.33. The van der Waals surface area contributed by atoms with Crippen LogP contribution in [-0.4, -0.2) is 43.8 Å². The van der Waals surface area contributed by atoms with Crippen molar-refractivity contribution in [1.29, 1.82) is 0 Å². The van der Waals surface area contributed by atoms with E-state index in [1.165, 1.54) is 55.5 Å². The minimum absolute atomic E-state index is 0.0102. The molecule has 0 aliphatic heterocycles. The number of rotatable bonds is 10. The highest BCUT2D eigenvalue weighted by molar-refractivity contribution is 7.92. The van der Waals surface area contributed by atoms with Crippen molar-refractivity contribution in [2.24, 2.45) is 0 Å². The first-order chi connectivity index (χ1) is 17.9. The summed E-state index contributed by atoms with van der Waals surface area (Å²) >= 11 is 12.4. The fourth-order valence-electron chi connectivity index (χ4n) is 3.71. The molecule has 38 heavy (non-hydrogen) atoms. The van der Waals surface area contributed by atoms with Crippen molar-refractivity contribution in [1.82, 2.24) is 10.2 Å². The number of carbonyl (C=O) groups excluding carboxylic acids is 2. The molecule has 3 aromatic carbocycles. The normalized spacial score (nSPS) is 12.2. The van der Waals surface area contributed by atoms with Crippen LogP contribution in [0.2, 0.25) is 10.0 Å². The number of nitrogens with zero attached hydrogens (tertiary/aromatic N) is 2. The molecule has 1 N–H and O–H groups in total. The fourth-order valence-corrected chi connectivity index (χ4v) is 5.73. The van der Waals surface area contributed by atoms with Crippen LogP contribution < -0.4 is 9.62 Å². The summed E-state index contributed by atoms with van der Waals surface area (Å²) in [4.78, 5) is 27.7. The second-order valence-corrected chi connectivity index (χ2v) is 11.6. The molecule has 0 radical (unpaired) electrons. The molecule has 11 heteroatoms. The highest BCUT2D eigenvalue weighted by atomic mass is 35.5. The molecule has 0 aromatic heterocycles. The van der Waals surface area contributed by atoms with Gasteiger partial charge in [-0.05, 0) is 57.2 Å². The zero-order chi connectivity index (χ0) is 28.0. The second kappa shape index (κ2) is 12.6. The van der Waals surface area contributed by atoms with Gasteiger partial charge in [-0.15, -0.1) is 0 Å². The molecule has 0 saturated heterocycles. The lowest BCUT2D eigenvalue weighted by Gasteiger charge is -2.32. The Balaban J connectivity index is 2.07. The van der Waals surface area contributed by atoms with Crippen LogP contribution in [0.4, 0.5) is 10.1 Å². The van der Waals surface area contributed by atoms with Crippen molar-refractivity contribution >= 4 is 50.7 Å². The third-order valence-corrected chi connectivity index (χ3v) is 8.00. The Kier molecular flexibility index (Phi) is 9.76. The first-order valence-corrected chi connectivity index (χ1v) is 14.0. The smallest absolute Gasteiger partial charge is 0.264 e. The van der Waals surface area contributed by atoms with Crippen LogP contribution in [0.1, 0.15) is 26.3 Å². The van der Waals surface area contributed by atoms with E-state index in [9.17, 15) is 22.4 Å². The molecule has 0 saturated carbocycles. The zero-order valence-electron chi connectivity index (χ0n) is 21.1. The molecule has 7 nitrogen and oxygen atoms in total. The van der Waals surface area contributed by atoms with E-state index in [4.69, 9.17) is 23.2 Å². The van der Waals surface area contributed by atoms with Gasteiger partial charge in [0, 0.05) is 23.2 Å². The molecule has 0 unspecified atom stereocenters. The lowest BCUT2D eigenvalue weighted by molar-refractivity contribution is -0.139. The summed E-state index contributed by atoms with van der Waals surface area (Å²) < 4.78 is 42.8. The number of benzene rings is 3. The lowest BCUT2D eigenvalue weighted by atomic mass is 10.1. The molecule has 0 bridgehead atoms. The van der Waals surface area contributed by atoms with Crippen molar-refractivity contribution in [3.63, 3.8) is 0 Å². The number of nitrogens with one attached hydrogen (secondary N) is 1. The molecule has 3 rings (SSSR count). The van der Waals surface area contributed by atoms with E-state index in [2.05, 4.69) is 5.32 Å². The Labute approximate surface area is 232 Å². The van der Waals surface area contributed by atoms with E-state index in [1.54, 1.807) is 38.1 Å². The molecular weight excluding hydrogens is 552 g/mol. The highest BCUT2D eigenvalue weighted by Crippen LogP contribution is 2.33. The molecule has 1 atom stereocenters. The standard InChI is InChI=1S/C27H28Cl2FN3O4S/c1-18(2)31-27(35)19(3)32(16-20-9-7-8-12-24(20)30)26(34)17-33(25-14-13-21(28)15-23(25)29)38(36,37)22-10-5-4-6-11-22/h4-15,18-19H,16-17H2,1-3H3,(H,31,35)/t19-/m0/s1. The van der Waals surface area contributed by atoms with E-state index in [0.717, 1.165) is 9.21 Å². The monoisotopic (exact) mass is 579 g/mol. The Morgan fingerprint density at radius 1 is 0.947 bits per heavy atom. The zero-order valence-corrected chi connectivity index (χ0v) is 23.4. The SMILES string of the molecule is CC(C)NC(=O)[C@H](C)N(Cc1ccccc1F)C(=O)CN(c1ccc(Cl)cc1Cl)S(=O)(=O)c1ccccc1. The second-order valence-electron chi connectivity index (χ2n) is 8.87. The largest absolute Gasteiger partial charge is 0.352 e. The van der Waals surface area contributed by atoms with Gasteiger partial charge in [0.05, 0.1) is 15.6 Å². The molecular formula is C27H28Cl2FN3O4S. The van der Waals surface area contributed by atoms with Gasteiger partial charge >= 0.3 is 0 Å².